The third-order valence-corrected chi connectivity index (χ3v) is 2.25. The second-order valence-electron chi connectivity index (χ2n) is 3.28. The maximum absolute atomic E-state index is 12.7. The van der Waals surface area contributed by atoms with E-state index in [1.807, 2.05) is 6.92 Å². The largest absolute Gasteiger partial charge is 0.268 e. The second kappa shape index (κ2) is 3.73. The molecule has 0 unspecified atom stereocenters. The van der Waals surface area contributed by atoms with Crippen LogP contribution in [0.1, 0.15) is 12.6 Å². The molecule has 0 atom stereocenters. The highest BCUT2D eigenvalue weighted by Gasteiger charge is 2.04. The van der Waals surface area contributed by atoms with E-state index in [0.717, 1.165) is 17.8 Å². The molecule has 0 saturated carbocycles. The summed E-state index contributed by atoms with van der Waals surface area (Å²) in [5.74, 6) is -0.286. The summed E-state index contributed by atoms with van der Waals surface area (Å²) in [4.78, 5) is 11.2. The molecule has 2 rings (SSSR count). The van der Waals surface area contributed by atoms with Gasteiger partial charge in [-0.05, 0) is 30.7 Å². The zero-order valence-electron chi connectivity index (χ0n) is 8.33. The molecule has 0 bridgehead atoms. The van der Waals surface area contributed by atoms with Gasteiger partial charge in [0.05, 0.1) is 5.69 Å². The first-order valence-corrected chi connectivity index (χ1v) is 4.77. The van der Waals surface area contributed by atoms with Gasteiger partial charge in [0.2, 0.25) is 0 Å². The topological polar surface area (TPSA) is 37.8 Å². The number of nitrogens with one attached hydrogen (secondary N) is 1. The fraction of sp³-hybridized carbons (Fsp3) is 0.182. The van der Waals surface area contributed by atoms with Gasteiger partial charge >= 0.3 is 0 Å². The van der Waals surface area contributed by atoms with Crippen molar-refractivity contribution < 1.29 is 4.39 Å². The average molecular weight is 206 g/mol. The smallest absolute Gasteiger partial charge is 0.264 e. The van der Waals surface area contributed by atoms with Crippen LogP contribution in [-0.4, -0.2) is 9.78 Å². The SMILES string of the molecule is CCc1cc(=O)[nH]n1-c1ccc(F)cc1. The van der Waals surface area contributed by atoms with Crippen LogP contribution in [0.15, 0.2) is 35.1 Å². The van der Waals surface area contributed by atoms with E-state index in [4.69, 9.17) is 0 Å². The summed E-state index contributed by atoms with van der Waals surface area (Å²) in [6, 6.07) is 7.54. The van der Waals surface area contributed by atoms with Crippen molar-refractivity contribution in [2.45, 2.75) is 13.3 Å². The van der Waals surface area contributed by atoms with Gasteiger partial charge in [0.1, 0.15) is 5.82 Å². The number of H-pyrrole nitrogens is 1. The normalized spacial score (nSPS) is 10.5. The van der Waals surface area contributed by atoms with Crippen molar-refractivity contribution in [2.75, 3.05) is 0 Å². The Morgan fingerprint density at radius 2 is 2.00 bits per heavy atom. The van der Waals surface area contributed by atoms with Gasteiger partial charge in [-0.1, -0.05) is 6.92 Å². The lowest BCUT2D eigenvalue weighted by atomic mass is 10.3. The number of halogens is 1. The predicted octanol–water partition coefficient (Wildman–Crippen LogP) is 1.87. The molecule has 3 nitrogen and oxygen atoms in total. The number of aromatic amines is 1. The molecule has 0 fully saturated rings. The van der Waals surface area contributed by atoms with E-state index in [1.165, 1.54) is 12.1 Å². The summed E-state index contributed by atoms with van der Waals surface area (Å²) in [7, 11) is 0. The molecular weight excluding hydrogens is 195 g/mol. The minimum atomic E-state index is -0.286. The van der Waals surface area contributed by atoms with Gasteiger partial charge in [0.25, 0.3) is 5.56 Å². The first kappa shape index (κ1) is 9.71. The molecule has 0 amide bonds. The molecular formula is C11H11FN2O. The van der Waals surface area contributed by atoms with Crippen LogP contribution in [0, 0.1) is 5.82 Å². The lowest BCUT2D eigenvalue weighted by Gasteiger charge is -2.05. The van der Waals surface area contributed by atoms with Crippen LogP contribution in [0.5, 0.6) is 0 Å². The molecule has 0 aliphatic heterocycles. The van der Waals surface area contributed by atoms with Crippen LogP contribution < -0.4 is 5.56 Å². The Labute approximate surface area is 86.2 Å². The highest BCUT2D eigenvalue weighted by atomic mass is 19.1. The third kappa shape index (κ3) is 1.83. The van der Waals surface area contributed by atoms with E-state index >= 15 is 0 Å². The van der Waals surface area contributed by atoms with Crippen molar-refractivity contribution in [3.63, 3.8) is 0 Å². The summed E-state index contributed by atoms with van der Waals surface area (Å²) >= 11 is 0. The van der Waals surface area contributed by atoms with Crippen LogP contribution in [0.2, 0.25) is 0 Å². The molecule has 78 valence electrons. The van der Waals surface area contributed by atoms with E-state index < -0.39 is 0 Å². The Morgan fingerprint density at radius 3 is 2.60 bits per heavy atom. The number of nitrogens with zero attached hydrogens (tertiary/aromatic N) is 1. The van der Waals surface area contributed by atoms with Crippen molar-refractivity contribution in [2.24, 2.45) is 0 Å². The Hall–Kier alpha value is -1.84. The number of rotatable bonds is 2. The maximum atomic E-state index is 12.7. The standard InChI is InChI=1S/C11H11FN2O/c1-2-9-7-11(15)13-14(9)10-5-3-8(12)4-6-10/h3-7H,2H2,1H3,(H,13,15). The molecule has 1 heterocycles. The Kier molecular flexibility index (Phi) is 2.41. The highest BCUT2D eigenvalue weighted by Crippen LogP contribution is 2.10. The van der Waals surface area contributed by atoms with Crippen molar-refractivity contribution in [1.29, 1.82) is 0 Å². The van der Waals surface area contributed by atoms with E-state index in [0.29, 0.717) is 0 Å². The van der Waals surface area contributed by atoms with Gasteiger partial charge in [0, 0.05) is 11.8 Å². The van der Waals surface area contributed by atoms with Crippen LogP contribution in [0.4, 0.5) is 4.39 Å². The summed E-state index contributed by atoms with van der Waals surface area (Å²) in [5, 5.41) is 2.67. The number of hydrogen-bond donors (Lipinski definition) is 1. The first-order valence-electron chi connectivity index (χ1n) is 4.77. The molecule has 2 aromatic rings. The maximum Gasteiger partial charge on any atom is 0.264 e. The number of aromatic nitrogens is 2. The first-order chi connectivity index (χ1) is 7.20. The lowest BCUT2D eigenvalue weighted by molar-refractivity contribution is 0.626. The number of hydrogen-bond acceptors (Lipinski definition) is 1. The zero-order valence-corrected chi connectivity index (χ0v) is 8.33. The zero-order chi connectivity index (χ0) is 10.8. The fourth-order valence-electron chi connectivity index (χ4n) is 1.51. The van der Waals surface area contributed by atoms with Crippen molar-refractivity contribution in [1.82, 2.24) is 9.78 Å². The summed E-state index contributed by atoms with van der Waals surface area (Å²) in [6.45, 7) is 1.96. The Balaban J connectivity index is 2.53. The lowest BCUT2D eigenvalue weighted by Crippen LogP contribution is -2.04. The third-order valence-electron chi connectivity index (χ3n) is 2.25. The van der Waals surface area contributed by atoms with Crippen LogP contribution >= 0.6 is 0 Å². The van der Waals surface area contributed by atoms with Gasteiger partial charge in [-0.15, -0.1) is 0 Å². The molecule has 15 heavy (non-hydrogen) atoms. The van der Waals surface area contributed by atoms with Crippen molar-refractivity contribution in [3.05, 3.63) is 52.2 Å². The molecule has 1 N–H and O–H groups in total. The van der Waals surface area contributed by atoms with E-state index in [2.05, 4.69) is 5.10 Å². The minimum Gasteiger partial charge on any atom is -0.268 e. The van der Waals surface area contributed by atoms with Crippen molar-refractivity contribution in [3.8, 4) is 5.69 Å². The molecule has 0 aliphatic rings. The fourth-order valence-corrected chi connectivity index (χ4v) is 1.51. The summed E-state index contributed by atoms with van der Waals surface area (Å²) < 4.78 is 14.4. The number of aryl methyl sites for hydroxylation is 1. The Morgan fingerprint density at radius 1 is 1.33 bits per heavy atom. The molecule has 0 saturated heterocycles. The van der Waals surface area contributed by atoms with Gasteiger partial charge < -0.3 is 0 Å². The van der Waals surface area contributed by atoms with E-state index in [1.54, 1.807) is 22.9 Å². The molecule has 1 aromatic heterocycles. The average Bonchev–Trinajstić information content (AvgIpc) is 2.61. The summed E-state index contributed by atoms with van der Waals surface area (Å²) in [6.07, 6.45) is 0.746. The van der Waals surface area contributed by atoms with Gasteiger partial charge in [-0.3, -0.25) is 14.6 Å². The molecule has 0 radical (unpaired) electrons. The predicted molar refractivity (Wildman–Crippen MR) is 55.7 cm³/mol. The highest BCUT2D eigenvalue weighted by molar-refractivity contribution is 5.32. The molecule has 4 heteroatoms. The number of benzene rings is 1. The minimum absolute atomic E-state index is 0.142. The monoisotopic (exact) mass is 206 g/mol. The van der Waals surface area contributed by atoms with Gasteiger partial charge in [-0.2, -0.15) is 0 Å². The summed E-state index contributed by atoms with van der Waals surface area (Å²) in [5.41, 5.74) is 1.50. The van der Waals surface area contributed by atoms with Crippen LogP contribution in [0.3, 0.4) is 0 Å². The van der Waals surface area contributed by atoms with E-state index in [9.17, 15) is 9.18 Å². The second-order valence-corrected chi connectivity index (χ2v) is 3.28. The van der Waals surface area contributed by atoms with Crippen molar-refractivity contribution >= 4 is 0 Å². The Bertz CT molecular complexity index is 510. The van der Waals surface area contributed by atoms with Crippen LogP contribution in [0.25, 0.3) is 5.69 Å². The van der Waals surface area contributed by atoms with Gasteiger partial charge in [0.15, 0.2) is 0 Å². The molecule has 1 aromatic carbocycles. The van der Waals surface area contributed by atoms with E-state index in [-0.39, 0.29) is 11.4 Å². The molecule has 0 spiro atoms. The molecule has 0 aliphatic carbocycles. The quantitative estimate of drug-likeness (QED) is 0.800. The van der Waals surface area contributed by atoms with Crippen LogP contribution in [-0.2, 0) is 6.42 Å². The van der Waals surface area contributed by atoms with Gasteiger partial charge in [-0.25, -0.2) is 4.39 Å².